The van der Waals surface area contributed by atoms with Gasteiger partial charge in [0, 0.05) is 37.6 Å². The van der Waals surface area contributed by atoms with Crippen LogP contribution in [0.3, 0.4) is 0 Å². The largest absolute Gasteiger partial charge is 0.465 e. The lowest BCUT2D eigenvalue weighted by Gasteiger charge is -2.16. The number of carbonyl (C=O) groups is 3. The van der Waals surface area contributed by atoms with Gasteiger partial charge in [0.25, 0.3) is 0 Å². The molecule has 1 aliphatic heterocycles. The summed E-state index contributed by atoms with van der Waals surface area (Å²) in [6.45, 7) is 0.796. The fourth-order valence-corrected chi connectivity index (χ4v) is 2.90. The van der Waals surface area contributed by atoms with Crippen molar-refractivity contribution in [1.29, 1.82) is 0 Å². The molecule has 7 heteroatoms. The molecule has 1 fully saturated rings. The second kappa shape index (κ2) is 7.77. The third-order valence-corrected chi connectivity index (χ3v) is 4.23. The van der Waals surface area contributed by atoms with Gasteiger partial charge in [0.15, 0.2) is 0 Å². The van der Waals surface area contributed by atoms with E-state index in [1.807, 2.05) is 12.1 Å². The summed E-state index contributed by atoms with van der Waals surface area (Å²) in [6.07, 6.45) is 3.55. The van der Waals surface area contributed by atoms with Crippen LogP contribution in [0.15, 0.2) is 48.8 Å². The van der Waals surface area contributed by atoms with Gasteiger partial charge < -0.3 is 15.0 Å². The molecule has 26 heavy (non-hydrogen) atoms. The maximum atomic E-state index is 12.5. The average molecular weight is 353 g/mol. The molecule has 1 atom stereocenters. The molecule has 1 saturated heterocycles. The zero-order valence-corrected chi connectivity index (χ0v) is 14.3. The Kier molecular flexibility index (Phi) is 5.26. The first-order valence-electron chi connectivity index (χ1n) is 8.22. The number of benzene rings is 1. The summed E-state index contributed by atoms with van der Waals surface area (Å²) in [5.74, 6) is -1.20. The summed E-state index contributed by atoms with van der Waals surface area (Å²) in [6, 6.07) is 10.2. The van der Waals surface area contributed by atoms with Gasteiger partial charge in [0.05, 0.1) is 18.6 Å². The molecule has 0 spiro atoms. The first-order valence-corrected chi connectivity index (χ1v) is 8.22. The van der Waals surface area contributed by atoms with Crippen LogP contribution in [0.2, 0.25) is 0 Å². The molecule has 0 radical (unpaired) electrons. The van der Waals surface area contributed by atoms with Crippen LogP contribution in [0.1, 0.15) is 22.3 Å². The molecule has 0 aliphatic carbocycles. The summed E-state index contributed by atoms with van der Waals surface area (Å²) in [7, 11) is 1.30. The lowest BCUT2D eigenvalue weighted by molar-refractivity contribution is -0.128. The molecule has 1 unspecified atom stereocenters. The third kappa shape index (κ3) is 4.05. The molecular formula is C19H19N3O4. The molecule has 1 N–H and O–H groups in total. The number of hydrogen-bond donors (Lipinski definition) is 1. The van der Waals surface area contributed by atoms with E-state index in [9.17, 15) is 14.4 Å². The number of nitrogens with zero attached hydrogens (tertiary/aromatic N) is 2. The van der Waals surface area contributed by atoms with Gasteiger partial charge in [0.1, 0.15) is 0 Å². The topological polar surface area (TPSA) is 88.6 Å². The van der Waals surface area contributed by atoms with E-state index in [-0.39, 0.29) is 18.2 Å². The molecule has 7 nitrogen and oxygen atoms in total. The molecule has 1 aromatic carbocycles. The number of likely N-dealkylation sites (tertiary alicyclic amines) is 1. The van der Waals surface area contributed by atoms with Crippen molar-refractivity contribution in [2.24, 2.45) is 5.92 Å². The van der Waals surface area contributed by atoms with E-state index < -0.39 is 11.9 Å². The molecular weight excluding hydrogens is 334 g/mol. The maximum Gasteiger partial charge on any atom is 0.337 e. The molecule has 1 aliphatic rings. The number of esters is 1. The van der Waals surface area contributed by atoms with E-state index >= 15 is 0 Å². The summed E-state index contributed by atoms with van der Waals surface area (Å²) >= 11 is 0. The Bertz CT molecular complexity index is 823. The predicted octanol–water partition coefficient (Wildman–Crippen LogP) is 1.86. The Labute approximate surface area is 151 Å². The first-order chi connectivity index (χ1) is 12.6. The van der Waals surface area contributed by atoms with E-state index in [1.165, 1.54) is 7.11 Å². The van der Waals surface area contributed by atoms with E-state index in [0.717, 1.165) is 5.56 Å². The van der Waals surface area contributed by atoms with Crippen LogP contribution in [-0.4, -0.2) is 41.3 Å². The van der Waals surface area contributed by atoms with Crippen LogP contribution in [0.25, 0.3) is 0 Å². The maximum absolute atomic E-state index is 12.5. The van der Waals surface area contributed by atoms with E-state index in [4.69, 9.17) is 0 Å². The lowest BCUT2D eigenvalue weighted by atomic mass is 10.1. The normalized spacial score (nSPS) is 16.4. The minimum atomic E-state index is -0.472. The Morgan fingerprint density at radius 1 is 1.31 bits per heavy atom. The molecule has 2 aromatic rings. The number of anilines is 1. The fourth-order valence-electron chi connectivity index (χ4n) is 2.90. The van der Waals surface area contributed by atoms with Crippen molar-refractivity contribution in [2.75, 3.05) is 19.0 Å². The minimum Gasteiger partial charge on any atom is -0.465 e. The quantitative estimate of drug-likeness (QED) is 0.829. The average Bonchev–Trinajstić information content (AvgIpc) is 3.03. The highest BCUT2D eigenvalue weighted by Crippen LogP contribution is 2.22. The predicted molar refractivity (Wildman–Crippen MR) is 94.2 cm³/mol. The molecule has 2 amide bonds. The number of rotatable bonds is 5. The number of pyridine rings is 1. The Balaban J connectivity index is 1.62. The van der Waals surface area contributed by atoms with Crippen LogP contribution in [0.5, 0.6) is 0 Å². The van der Waals surface area contributed by atoms with Crippen molar-refractivity contribution in [3.05, 3.63) is 59.9 Å². The molecule has 1 aromatic heterocycles. The van der Waals surface area contributed by atoms with Crippen molar-refractivity contribution < 1.29 is 19.1 Å². The van der Waals surface area contributed by atoms with Gasteiger partial charge >= 0.3 is 5.97 Å². The van der Waals surface area contributed by atoms with Crippen LogP contribution in [0.4, 0.5) is 5.69 Å². The van der Waals surface area contributed by atoms with Crippen LogP contribution >= 0.6 is 0 Å². The number of ether oxygens (including phenoxy) is 1. The molecule has 0 bridgehead atoms. The highest BCUT2D eigenvalue weighted by molar-refractivity contribution is 5.98. The van der Waals surface area contributed by atoms with Gasteiger partial charge in [-0.2, -0.15) is 0 Å². The number of amides is 2. The number of carbonyl (C=O) groups excluding carboxylic acids is 3. The number of hydrogen-bond acceptors (Lipinski definition) is 5. The Morgan fingerprint density at radius 2 is 2.15 bits per heavy atom. The zero-order valence-electron chi connectivity index (χ0n) is 14.3. The standard InChI is InChI=1S/C19H19N3O4/c1-26-19(25)14-5-2-6-16(8-14)21-18(24)15-9-17(23)22(12-15)11-13-4-3-7-20-10-13/h2-8,10,15H,9,11-12H2,1H3,(H,21,24). The summed E-state index contributed by atoms with van der Waals surface area (Å²) in [5.41, 5.74) is 1.77. The third-order valence-electron chi connectivity index (χ3n) is 4.23. The second-order valence-corrected chi connectivity index (χ2v) is 6.10. The monoisotopic (exact) mass is 353 g/mol. The van der Waals surface area contributed by atoms with Gasteiger partial charge in [0.2, 0.25) is 11.8 Å². The Hall–Kier alpha value is -3.22. The van der Waals surface area contributed by atoms with E-state index in [1.54, 1.807) is 41.6 Å². The lowest BCUT2D eigenvalue weighted by Crippen LogP contribution is -2.28. The second-order valence-electron chi connectivity index (χ2n) is 6.10. The van der Waals surface area contributed by atoms with Gasteiger partial charge in [-0.05, 0) is 29.8 Å². The number of methoxy groups -OCH3 is 1. The van der Waals surface area contributed by atoms with Gasteiger partial charge in [-0.25, -0.2) is 4.79 Å². The van der Waals surface area contributed by atoms with Crippen molar-refractivity contribution >= 4 is 23.5 Å². The summed E-state index contributed by atoms with van der Waals surface area (Å²) < 4.78 is 4.67. The Morgan fingerprint density at radius 3 is 2.88 bits per heavy atom. The fraction of sp³-hybridized carbons (Fsp3) is 0.263. The van der Waals surface area contributed by atoms with Crippen LogP contribution in [-0.2, 0) is 20.9 Å². The molecule has 2 heterocycles. The molecule has 3 rings (SSSR count). The summed E-state index contributed by atoms with van der Waals surface area (Å²) in [5, 5.41) is 2.77. The van der Waals surface area contributed by atoms with Crippen molar-refractivity contribution in [3.63, 3.8) is 0 Å². The highest BCUT2D eigenvalue weighted by atomic mass is 16.5. The van der Waals surface area contributed by atoms with Crippen LogP contribution < -0.4 is 5.32 Å². The van der Waals surface area contributed by atoms with Gasteiger partial charge in [-0.1, -0.05) is 12.1 Å². The smallest absolute Gasteiger partial charge is 0.337 e. The zero-order chi connectivity index (χ0) is 18.5. The summed E-state index contributed by atoms with van der Waals surface area (Å²) in [4.78, 5) is 42.0. The molecule has 0 saturated carbocycles. The van der Waals surface area contributed by atoms with Crippen molar-refractivity contribution in [2.45, 2.75) is 13.0 Å². The van der Waals surface area contributed by atoms with E-state index in [0.29, 0.717) is 24.3 Å². The first kappa shape index (κ1) is 17.6. The van der Waals surface area contributed by atoms with Gasteiger partial charge in [-0.15, -0.1) is 0 Å². The van der Waals surface area contributed by atoms with Crippen molar-refractivity contribution in [3.8, 4) is 0 Å². The number of aromatic nitrogens is 1. The minimum absolute atomic E-state index is 0.0580. The molecule has 134 valence electrons. The highest BCUT2D eigenvalue weighted by Gasteiger charge is 2.34. The van der Waals surface area contributed by atoms with Gasteiger partial charge in [-0.3, -0.25) is 14.6 Å². The number of nitrogens with one attached hydrogen (secondary N) is 1. The SMILES string of the molecule is COC(=O)c1cccc(NC(=O)C2CC(=O)N(Cc3cccnc3)C2)c1. The van der Waals surface area contributed by atoms with E-state index in [2.05, 4.69) is 15.0 Å². The van der Waals surface area contributed by atoms with Crippen molar-refractivity contribution in [1.82, 2.24) is 9.88 Å². The van der Waals surface area contributed by atoms with Crippen LogP contribution in [0, 0.1) is 5.92 Å².